The van der Waals surface area contributed by atoms with Crippen LogP contribution in [0.1, 0.15) is 52.3 Å². The van der Waals surface area contributed by atoms with Crippen LogP contribution in [0.25, 0.3) is 0 Å². The maximum atomic E-state index is 12.6. The molecule has 5 nitrogen and oxygen atoms in total. The van der Waals surface area contributed by atoms with Crippen LogP contribution in [0.2, 0.25) is 0 Å². The van der Waals surface area contributed by atoms with Gasteiger partial charge >= 0.3 is 5.97 Å². The van der Waals surface area contributed by atoms with Gasteiger partial charge in [0, 0.05) is 11.1 Å². The first kappa shape index (κ1) is 16.6. The summed E-state index contributed by atoms with van der Waals surface area (Å²) in [7, 11) is 0. The molecule has 24 heavy (non-hydrogen) atoms. The number of hydrogen-bond acceptors (Lipinski definition) is 4. The van der Waals surface area contributed by atoms with Crippen LogP contribution in [0.15, 0.2) is 29.6 Å². The Morgan fingerprint density at radius 3 is 2.71 bits per heavy atom. The van der Waals surface area contributed by atoms with Gasteiger partial charge in [0.25, 0.3) is 0 Å². The summed E-state index contributed by atoms with van der Waals surface area (Å²) in [5.41, 5.74) is 1.52. The lowest BCUT2D eigenvalue weighted by Gasteiger charge is -2.28. The van der Waals surface area contributed by atoms with Crippen molar-refractivity contribution < 1.29 is 14.7 Å². The molecule has 1 aliphatic carbocycles. The van der Waals surface area contributed by atoms with E-state index in [1.807, 2.05) is 12.3 Å². The molecule has 1 fully saturated rings. The van der Waals surface area contributed by atoms with Crippen molar-refractivity contribution in [3.8, 4) is 0 Å². The minimum atomic E-state index is -0.984. The van der Waals surface area contributed by atoms with Crippen LogP contribution in [0.5, 0.6) is 0 Å². The molecule has 0 radical (unpaired) electrons. The molecule has 1 amide bonds. The first-order valence-corrected chi connectivity index (χ1v) is 8.92. The Balaban J connectivity index is 1.75. The van der Waals surface area contributed by atoms with E-state index in [1.165, 1.54) is 6.07 Å². The molecule has 0 saturated heterocycles. The lowest BCUT2D eigenvalue weighted by atomic mass is 9.97. The Kier molecular flexibility index (Phi) is 4.66. The first-order chi connectivity index (χ1) is 11.5. The van der Waals surface area contributed by atoms with Crippen molar-refractivity contribution in [3.63, 3.8) is 0 Å². The number of carboxylic acid groups (broad SMARTS) is 1. The van der Waals surface area contributed by atoms with Gasteiger partial charge in [-0.25, -0.2) is 9.78 Å². The zero-order valence-corrected chi connectivity index (χ0v) is 14.4. The third kappa shape index (κ3) is 3.48. The Morgan fingerprint density at radius 1 is 1.33 bits per heavy atom. The number of nitrogens with one attached hydrogen (secondary N) is 1. The fourth-order valence-corrected chi connectivity index (χ4v) is 4.27. The highest BCUT2D eigenvalue weighted by Crippen LogP contribution is 2.40. The highest BCUT2D eigenvalue weighted by molar-refractivity contribution is 7.09. The van der Waals surface area contributed by atoms with E-state index in [0.29, 0.717) is 5.56 Å². The molecular formula is C18H20N2O3S. The van der Waals surface area contributed by atoms with Crippen LogP contribution in [0.3, 0.4) is 0 Å². The Bertz CT molecular complexity index is 763. The number of nitrogens with zero attached hydrogens (tertiary/aromatic N) is 1. The Hall–Kier alpha value is -2.21. The number of aromatic nitrogens is 1. The van der Waals surface area contributed by atoms with Crippen molar-refractivity contribution in [1.29, 1.82) is 0 Å². The molecule has 0 atom stereocenters. The van der Waals surface area contributed by atoms with Gasteiger partial charge in [0.1, 0.15) is 5.01 Å². The number of thiazole rings is 1. The Morgan fingerprint density at radius 2 is 2.08 bits per heavy atom. The fraction of sp³-hybridized carbons (Fsp3) is 0.389. The number of carboxylic acids is 1. The van der Waals surface area contributed by atoms with E-state index in [0.717, 1.165) is 36.4 Å². The molecule has 0 unspecified atom stereocenters. The number of amides is 1. The van der Waals surface area contributed by atoms with Gasteiger partial charge in [0.05, 0.1) is 17.5 Å². The molecule has 2 N–H and O–H groups in total. The minimum absolute atomic E-state index is 0.0905. The monoisotopic (exact) mass is 344 g/mol. The summed E-state index contributed by atoms with van der Waals surface area (Å²) >= 11 is 1.60. The number of rotatable bonds is 5. The quantitative estimate of drug-likeness (QED) is 0.872. The van der Waals surface area contributed by atoms with Crippen molar-refractivity contribution in [1.82, 2.24) is 10.3 Å². The molecule has 1 aliphatic rings. The van der Waals surface area contributed by atoms with E-state index < -0.39 is 5.97 Å². The lowest BCUT2D eigenvalue weighted by Crippen LogP contribution is -2.44. The van der Waals surface area contributed by atoms with Crippen LogP contribution in [0, 0.1) is 6.92 Å². The van der Waals surface area contributed by atoms with E-state index >= 15 is 0 Å². The normalized spacial score (nSPS) is 16.0. The third-order valence-corrected chi connectivity index (χ3v) is 5.57. The fourth-order valence-electron chi connectivity index (χ4n) is 3.26. The van der Waals surface area contributed by atoms with Gasteiger partial charge in [-0.3, -0.25) is 4.79 Å². The molecule has 3 rings (SSSR count). The molecule has 0 spiro atoms. The van der Waals surface area contributed by atoms with Crippen LogP contribution >= 0.6 is 11.3 Å². The molecular weight excluding hydrogens is 324 g/mol. The number of hydrogen-bond donors (Lipinski definition) is 2. The van der Waals surface area contributed by atoms with E-state index in [9.17, 15) is 9.59 Å². The zero-order chi connectivity index (χ0) is 17.2. The summed E-state index contributed by atoms with van der Waals surface area (Å²) in [5, 5.41) is 15.2. The smallest absolute Gasteiger partial charge is 0.335 e. The number of benzene rings is 1. The maximum absolute atomic E-state index is 12.6. The second-order valence-corrected chi connectivity index (χ2v) is 7.17. The number of aryl methyl sites for hydroxylation is 1. The molecule has 6 heteroatoms. The van der Waals surface area contributed by atoms with Crippen molar-refractivity contribution >= 4 is 23.2 Å². The minimum Gasteiger partial charge on any atom is -0.478 e. The summed E-state index contributed by atoms with van der Waals surface area (Å²) in [6, 6.07) is 6.53. The summed E-state index contributed by atoms with van der Waals surface area (Å²) < 4.78 is 0. The van der Waals surface area contributed by atoms with Crippen molar-refractivity contribution in [3.05, 3.63) is 51.5 Å². The lowest BCUT2D eigenvalue weighted by molar-refractivity contribution is -0.122. The molecule has 0 bridgehead atoms. The summed E-state index contributed by atoms with van der Waals surface area (Å²) in [5.74, 6) is -1.07. The van der Waals surface area contributed by atoms with Gasteiger partial charge < -0.3 is 10.4 Å². The summed E-state index contributed by atoms with van der Waals surface area (Å²) in [6.07, 6.45) is 4.13. The Labute approximate surface area is 144 Å². The molecule has 126 valence electrons. The average Bonchev–Trinajstić information content (AvgIpc) is 3.17. The van der Waals surface area contributed by atoms with Crippen molar-refractivity contribution in [2.75, 3.05) is 0 Å². The zero-order valence-electron chi connectivity index (χ0n) is 13.5. The maximum Gasteiger partial charge on any atom is 0.335 e. The van der Waals surface area contributed by atoms with Crippen molar-refractivity contribution in [2.45, 2.75) is 44.6 Å². The molecule has 1 aromatic carbocycles. The van der Waals surface area contributed by atoms with Gasteiger partial charge in [-0.1, -0.05) is 25.0 Å². The highest BCUT2D eigenvalue weighted by Gasteiger charge is 2.39. The third-order valence-electron chi connectivity index (χ3n) is 4.40. The van der Waals surface area contributed by atoms with E-state index in [-0.39, 0.29) is 23.4 Å². The molecule has 1 heterocycles. The van der Waals surface area contributed by atoms with E-state index in [2.05, 4.69) is 10.3 Å². The van der Waals surface area contributed by atoms with Crippen LogP contribution < -0.4 is 5.32 Å². The predicted octanol–water partition coefficient (Wildman–Crippen LogP) is 3.28. The largest absolute Gasteiger partial charge is 0.478 e. The second-order valence-electron chi connectivity index (χ2n) is 6.31. The second kappa shape index (κ2) is 6.73. The number of carbonyl (C=O) groups excluding carboxylic acids is 1. The highest BCUT2D eigenvalue weighted by atomic mass is 32.1. The van der Waals surface area contributed by atoms with Gasteiger partial charge in [-0.2, -0.15) is 0 Å². The molecule has 1 saturated carbocycles. The average molecular weight is 344 g/mol. The first-order valence-electron chi connectivity index (χ1n) is 8.04. The van der Waals surface area contributed by atoms with Crippen LogP contribution in [-0.2, 0) is 16.8 Å². The van der Waals surface area contributed by atoms with Gasteiger partial charge in [0.2, 0.25) is 5.91 Å². The summed E-state index contributed by atoms with van der Waals surface area (Å²) in [6.45, 7) is 1.96. The van der Waals surface area contributed by atoms with Gasteiger partial charge in [-0.15, -0.1) is 11.3 Å². The predicted molar refractivity (Wildman–Crippen MR) is 92.2 cm³/mol. The molecule has 1 aromatic heterocycles. The number of carbonyl (C=O) groups is 2. The topological polar surface area (TPSA) is 79.3 Å². The van der Waals surface area contributed by atoms with Crippen LogP contribution in [0.4, 0.5) is 0 Å². The molecule has 0 aliphatic heterocycles. The van der Waals surface area contributed by atoms with Crippen LogP contribution in [-0.4, -0.2) is 22.0 Å². The summed E-state index contributed by atoms with van der Waals surface area (Å²) in [4.78, 5) is 28.2. The SMILES string of the molecule is Cc1csc(C2(NC(=O)Cc3cccc(C(=O)O)c3)CCCC2)n1. The van der Waals surface area contributed by atoms with Gasteiger partial charge in [0.15, 0.2) is 0 Å². The molecule has 2 aromatic rings. The van der Waals surface area contributed by atoms with Crippen molar-refractivity contribution in [2.24, 2.45) is 0 Å². The number of aromatic carboxylic acids is 1. The van der Waals surface area contributed by atoms with E-state index in [4.69, 9.17) is 5.11 Å². The standard InChI is InChI=1S/C18H20N2O3S/c1-12-11-24-17(19-12)18(7-2-3-8-18)20-15(21)10-13-5-4-6-14(9-13)16(22)23/h4-6,9,11H,2-3,7-8,10H2,1H3,(H,20,21)(H,22,23). The van der Waals surface area contributed by atoms with Gasteiger partial charge in [-0.05, 0) is 37.5 Å². The van der Waals surface area contributed by atoms with E-state index in [1.54, 1.807) is 29.5 Å².